The molecule has 0 aliphatic carbocycles. The molecule has 116 valence electrons. The van der Waals surface area contributed by atoms with Gasteiger partial charge in [-0.2, -0.15) is 4.98 Å². The number of nitrogens with one attached hydrogen (secondary N) is 1. The highest BCUT2D eigenvalue weighted by Gasteiger charge is 2.02. The Bertz CT molecular complexity index is 538. The average Bonchev–Trinajstić information content (AvgIpc) is 2.87. The predicted molar refractivity (Wildman–Crippen MR) is 91.8 cm³/mol. The topological polar surface area (TPSA) is 42.2 Å². The number of nitrogens with zero attached hydrogens (tertiary/aromatic N) is 3. The van der Waals surface area contributed by atoms with Crippen LogP contribution < -0.4 is 5.32 Å². The number of aromatic nitrogens is 3. The average molecular weight is 353 g/mol. The summed E-state index contributed by atoms with van der Waals surface area (Å²) in [6.45, 7) is 3.21. The smallest absolute Gasteiger partial charge is 0.243 e. The van der Waals surface area contributed by atoms with Crippen molar-refractivity contribution in [2.45, 2.75) is 58.3 Å². The Morgan fingerprint density at radius 1 is 1.05 bits per heavy atom. The summed E-state index contributed by atoms with van der Waals surface area (Å²) in [5.74, 6) is 0.719. The van der Waals surface area contributed by atoms with Crippen molar-refractivity contribution in [2.24, 2.45) is 0 Å². The first-order valence-electron chi connectivity index (χ1n) is 8.05. The molecule has 0 spiro atoms. The van der Waals surface area contributed by atoms with Crippen LogP contribution in [-0.4, -0.2) is 21.1 Å². The molecule has 2 heterocycles. The number of rotatable bonds is 10. The summed E-state index contributed by atoms with van der Waals surface area (Å²) in [5, 5.41) is 7.71. The van der Waals surface area contributed by atoms with Crippen LogP contribution in [0.25, 0.3) is 5.65 Å². The summed E-state index contributed by atoms with van der Waals surface area (Å²) in [6, 6.07) is 3.94. The Kier molecular flexibility index (Phi) is 7.00. The normalized spacial score (nSPS) is 11.1. The summed E-state index contributed by atoms with van der Waals surface area (Å²) in [7, 11) is 0. The number of hydrogen-bond acceptors (Lipinski definition) is 3. The third kappa shape index (κ3) is 5.65. The molecule has 0 amide bonds. The fraction of sp³-hybridized carbons (Fsp3) is 0.625. The monoisotopic (exact) mass is 352 g/mol. The molecule has 4 nitrogen and oxygen atoms in total. The molecule has 0 radical (unpaired) electrons. The van der Waals surface area contributed by atoms with Crippen LogP contribution in [0, 0.1) is 0 Å². The van der Waals surface area contributed by atoms with Crippen LogP contribution in [0.3, 0.4) is 0 Å². The fourth-order valence-corrected chi connectivity index (χ4v) is 2.72. The Morgan fingerprint density at radius 3 is 2.52 bits per heavy atom. The van der Waals surface area contributed by atoms with Crippen LogP contribution in [0.15, 0.2) is 22.8 Å². The molecule has 2 aromatic rings. The van der Waals surface area contributed by atoms with Crippen molar-refractivity contribution in [3.63, 3.8) is 0 Å². The first-order valence-corrected chi connectivity index (χ1v) is 8.84. The largest absolute Gasteiger partial charge is 0.353 e. The van der Waals surface area contributed by atoms with Gasteiger partial charge in [-0.05, 0) is 34.5 Å². The summed E-state index contributed by atoms with van der Waals surface area (Å²) < 4.78 is 2.80. The van der Waals surface area contributed by atoms with Gasteiger partial charge in [0.25, 0.3) is 0 Å². The van der Waals surface area contributed by atoms with Gasteiger partial charge in [-0.1, -0.05) is 51.9 Å². The van der Waals surface area contributed by atoms with E-state index >= 15 is 0 Å². The Labute approximate surface area is 135 Å². The molecule has 21 heavy (non-hydrogen) atoms. The number of unbranched alkanes of at least 4 members (excludes halogenated alkanes) is 7. The molecule has 0 unspecified atom stereocenters. The van der Waals surface area contributed by atoms with Gasteiger partial charge in [-0.3, -0.25) is 0 Å². The lowest BCUT2D eigenvalue weighted by molar-refractivity contribution is 0.581. The lowest BCUT2D eigenvalue weighted by Crippen LogP contribution is -2.03. The standard InChI is InChI=1S/C16H25BrN4/c1-2-3-4-5-6-7-8-9-12-18-16-19-15-11-10-14(17)13-21(15)20-16/h10-11,13H,2-9,12H2,1H3,(H,18,20). The fourth-order valence-electron chi connectivity index (χ4n) is 2.39. The van der Waals surface area contributed by atoms with Gasteiger partial charge in [-0.25, -0.2) is 4.52 Å². The number of halogens is 1. The molecule has 0 atom stereocenters. The second kappa shape index (κ2) is 9.03. The number of fused-ring (bicyclic) bond motifs is 1. The number of hydrogen-bond donors (Lipinski definition) is 1. The minimum absolute atomic E-state index is 0.719. The van der Waals surface area contributed by atoms with Gasteiger partial charge in [0.05, 0.1) is 0 Å². The molecule has 1 N–H and O–H groups in total. The molecule has 5 heteroatoms. The SMILES string of the molecule is CCCCCCCCCCNc1nc2ccc(Br)cn2n1. The highest BCUT2D eigenvalue weighted by Crippen LogP contribution is 2.12. The first-order chi connectivity index (χ1) is 10.3. The molecule has 0 aliphatic rings. The van der Waals surface area contributed by atoms with Crippen molar-refractivity contribution < 1.29 is 0 Å². The van der Waals surface area contributed by atoms with Gasteiger partial charge < -0.3 is 5.32 Å². The highest BCUT2D eigenvalue weighted by molar-refractivity contribution is 9.10. The van der Waals surface area contributed by atoms with Crippen LogP contribution >= 0.6 is 15.9 Å². The van der Waals surface area contributed by atoms with E-state index in [9.17, 15) is 0 Å². The van der Waals surface area contributed by atoms with E-state index in [-0.39, 0.29) is 0 Å². The third-order valence-electron chi connectivity index (χ3n) is 3.61. The molecule has 0 aliphatic heterocycles. The van der Waals surface area contributed by atoms with Crippen LogP contribution in [0.2, 0.25) is 0 Å². The van der Waals surface area contributed by atoms with Crippen molar-refractivity contribution >= 4 is 27.5 Å². The molecular weight excluding hydrogens is 328 g/mol. The van der Waals surface area contributed by atoms with Gasteiger partial charge in [-0.15, -0.1) is 5.10 Å². The Morgan fingerprint density at radius 2 is 1.76 bits per heavy atom. The summed E-state index contributed by atoms with van der Waals surface area (Å²) in [6.07, 6.45) is 12.6. The number of pyridine rings is 1. The van der Waals surface area contributed by atoms with Crippen LogP contribution in [0.4, 0.5) is 5.95 Å². The molecule has 0 fully saturated rings. The quantitative estimate of drug-likeness (QED) is 0.608. The van der Waals surface area contributed by atoms with E-state index in [0.717, 1.165) is 22.6 Å². The molecule has 0 bridgehead atoms. The summed E-state index contributed by atoms with van der Waals surface area (Å²) in [5.41, 5.74) is 0.872. The maximum absolute atomic E-state index is 4.44. The lowest BCUT2D eigenvalue weighted by Gasteiger charge is -2.02. The minimum atomic E-state index is 0.719. The zero-order valence-corrected chi connectivity index (χ0v) is 14.4. The zero-order chi connectivity index (χ0) is 14.9. The Balaban J connectivity index is 1.59. The van der Waals surface area contributed by atoms with Crippen LogP contribution in [0.1, 0.15) is 58.3 Å². The Hall–Kier alpha value is -1.10. The van der Waals surface area contributed by atoms with Crippen molar-refractivity contribution in [1.82, 2.24) is 14.6 Å². The molecule has 2 rings (SSSR count). The van der Waals surface area contributed by atoms with Gasteiger partial charge in [0.2, 0.25) is 5.95 Å². The van der Waals surface area contributed by atoms with Crippen molar-refractivity contribution in [3.8, 4) is 0 Å². The van der Waals surface area contributed by atoms with E-state index in [1.807, 2.05) is 18.3 Å². The van der Waals surface area contributed by atoms with Gasteiger partial charge >= 0.3 is 0 Å². The van der Waals surface area contributed by atoms with Gasteiger partial charge in [0.1, 0.15) is 0 Å². The van der Waals surface area contributed by atoms with Gasteiger partial charge in [0.15, 0.2) is 5.65 Å². The third-order valence-corrected chi connectivity index (χ3v) is 4.08. The van der Waals surface area contributed by atoms with E-state index in [4.69, 9.17) is 0 Å². The minimum Gasteiger partial charge on any atom is -0.353 e. The first kappa shape index (κ1) is 16.3. The molecular formula is C16H25BrN4. The predicted octanol–water partition coefficient (Wildman–Crippen LogP) is 5.04. The van der Waals surface area contributed by atoms with Crippen molar-refractivity contribution in [1.29, 1.82) is 0 Å². The highest BCUT2D eigenvalue weighted by atomic mass is 79.9. The van der Waals surface area contributed by atoms with E-state index in [1.165, 1.54) is 51.4 Å². The van der Waals surface area contributed by atoms with E-state index in [0.29, 0.717) is 0 Å². The maximum atomic E-state index is 4.44. The van der Waals surface area contributed by atoms with Crippen molar-refractivity contribution in [2.75, 3.05) is 11.9 Å². The van der Waals surface area contributed by atoms with Gasteiger partial charge in [0, 0.05) is 17.2 Å². The van der Waals surface area contributed by atoms with E-state index < -0.39 is 0 Å². The molecule has 0 saturated carbocycles. The maximum Gasteiger partial charge on any atom is 0.243 e. The van der Waals surface area contributed by atoms with Crippen molar-refractivity contribution in [3.05, 3.63) is 22.8 Å². The second-order valence-corrected chi connectivity index (χ2v) is 6.40. The molecule has 0 saturated heterocycles. The molecule has 0 aromatic carbocycles. The van der Waals surface area contributed by atoms with Crippen LogP contribution in [-0.2, 0) is 0 Å². The zero-order valence-electron chi connectivity index (χ0n) is 12.8. The van der Waals surface area contributed by atoms with E-state index in [1.54, 1.807) is 4.52 Å². The van der Waals surface area contributed by atoms with E-state index in [2.05, 4.69) is 38.3 Å². The lowest BCUT2D eigenvalue weighted by atomic mass is 10.1. The van der Waals surface area contributed by atoms with Crippen LogP contribution in [0.5, 0.6) is 0 Å². The summed E-state index contributed by atoms with van der Waals surface area (Å²) >= 11 is 3.44. The molecule has 2 aromatic heterocycles. The number of anilines is 1. The summed E-state index contributed by atoms with van der Waals surface area (Å²) in [4.78, 5) is 4.44. The second-order valence-electron chi connectivity index (χ2n) is 5.49.